The minimum absolute atomic E-state index is 0.899. The van der Waals surface area contributed by atoms with E-state index in [1.165, 1.54) is 61.0 Å². The summed E-state index contributed by atoms with van der Waals surface area (Å²) in [6.45, 7) is 0. The molecule has 0 spiro atoms. The van der Waals surface area contributed by atoms with E-state index in [4.69, 9.17) is 4.42 Å². The van der Waals surface area contributed by atoms with Gasteiger partial charge >= 0.3 is 0 Å². The molecule has 2 nitrogen and oxygen atoms in total. The summed E-state index contributed by atoms with van der Waals surface area (Å²) in [6.07, 6.45) is 0.984. The molecule has 1 heterocycles. The predicted molar refractivity (Wildman–Crippen MR) is 256 cm³/mol. The lowest BCUT2D eigenvalue weighted by molar-refractivity contribution is 0.673. The molecule has 1 aromatic heterocycles. The highest BCUT2D eigenvalue weighted by atomic mass is 16.3. The maximum absolute atomic E-state index is 6.67. The van der Waals surface area contributed by atoms with Crippen LogP contribution in [0.3, 0.4) is 0 Å². The molecule has 0 saturated carbocycles. The van der Waals surface area contributed by atoms with Gasteiger partial charge in [-0.2, -0.15) is 0 Å². The standard InChI is InChI=1S/C59H39NO/c1-3-12-39(13-4-1)41-22-29-47(30-23-41)60(48-31-24-42(25-32-48)50-21-11-17-46-36-45-16-7-8-18-51(45)58(46)50)49-33-26-43(27-34-49)55-38-56-53-35-28-44(40-14-5-2-6-15-40)37-57(53)61-59(56)54-20-10-9-19-52(54)55/h1-35,37-38H,36H2. The normalized spacial score (nSPS) is 11.9. The minimum Gasteiger partial charge on any atom is -0.455 e. The average molecular weight is 778 g/mol. The summed E-state index contributed by atoms with van der Waals surface area (Å²) in [4.78, 5) is 2.36. The molecule has 0 amide bonds. The molecule has 1 aliphatic carbocycles. The highest BCUT2D eigenvalue weighted by Gasteiger charge is 2.22. The first-order valence-electron chi connectivity index (χ1n) is 21.0. The number of nitrogens with zero attached hydrogens (tertiary/aromatic N) is 1. The van der Waals surface area contributed by atoms with Gasteiger partial charge in [0.05, 0.1) is 0 Å². The molecular formula is C59H39NO. The second-order valence-electron chi connectivity index (χ2n) is 16.0. The Morgan fingerprint density at radius 2 is 0.820 bits per heavy atom. The van der Waals surface area contributed by atoms with E-state index in [1.54, 1.807) is 0 Å². The van der Waals surface area contributed by atoms with Crippen LogP contribution in [0.1, 0.15) is 11.1 Å². The molecule has 11 aromatic rings. The van der Waals surface area contributed by atoms with Crippen LogP contribution in [0.5, 0.6) is 0 Å². The molecule has 286 valence electrons. The van der Waals surface area contributed by atoms with Gasteiger partial charge in [0.15, 0.2) is 0 Å². The summed E-state index contributed by atoms with van der Waals surface area (Å²) in [5, 5.41) is 4.53. The van der Waals surface area contributed by atoms with Crippen molar-refractivity contribution in [2.24, 2.45) is 0 Å². The summed E-state index contributed by atoms with van der Waals surface area (Å²) in [5.74, 6) is 0. The highest BCUT2D eigenvalue weighted by Crippen LogP contribution is 2.45. The monoisotopic (exact) mass is 777 g/mol. The van der Waals surface area contributed by atoms with Crippen LogP contribution < -0.4 is 4.90 Å². The van der Waals surface area contributed by atoms with Crippen molar-refractivity contribution in [1.82, 2.24) is 0 Å². The van der Waals surface area contributed by atoms with Gasteiger partial charge in [-0.1, -0.05) is 170 Å². The first-order chi connectivity index (χ1) is 30.2. The van der Waals surface area contributed by atoms with Gasteiger partial charge in [0.25, 0.3) is 0 Å². The molecule has 0 radical (unpaired) electrons. The van der Waals surface area contributed by atoms with Gasteiger partial charge < -0.3 is 9.32 Å². The fourth-order valence-electron chi connectivity index (χ4n) is 9.54. The fourth-order valence-corrected chi connectivity index (χ4v) is 9.54. The maximum Gasteiger partial charge on any atom is 0.143 e. The molecule has 61 heavy (non-hydrogen) atoms. The SMILES string of the molecule is c1ccc(-c2ccc(N(c3ccc(-c4cccc5c4-c4ccccc4C5)cc3)c3ccc(-c4cc5c6ccc(-c7ccccc7)cc6oc5c5ccccc45)cc3)cc2)cc1. The Bertz CT molecular complexity index is 3400. The van der Waals surface area contributed by atoms with Crippen molar-refractivity contribution in [3.8, 4) is 55.6 Å². The number of fused-ring (bicyclic) bond motifs is 8. The van der Waals surface area contributed by atoms with E-state index in [1.807, 2.05) is 0 Å². The molecule has 0 N–H and O–H groups in total. The summed E-state index contributed by atoms with van der Waals surface area (Å²) in [6, 6.07) is 81.3. The van der Waals surface area contributed by atoms with E-state index in [9.17, 15) is 0 Å². The van der Waals surface area contributed by atoms with Crippen LogP contribution in [-0.2, 0) is 6.42 Å². The van der Waals surface area contributed by atoms with E-state index in [0.29, 0.717) is 0 Å². The first-order valence-corrected chi connectivity index (χ1v) is 21.0. The van der Waals surface area contributed by atoms with E-state index in [2.05, 4.69) is 229 Å². The van der Waals surface area contributed by atoms with Crippen molar-refractivity contribution >= 4 is 49.8 Å². The van der Waals surface area contributed by atoms with Crippen molar-refractivity contribution in [2.45, 2.75) is 6.42 Å². The number of rotatable bonds is 7. The van der Waals surface area contributed by atoms with Gasteiger partial charge in [-0.05, 0) is 133 Å². The molecule has 12 rings (SSSR count). The van der Waals surface area contributed by atoms with Crippen molar-refractivity contribution in [1.29, 1.82) is 0 Å². The molecule has 1 aliphatic rings. The molecule has 0 saturated heterocycles. The average Bonchev–Trinajstić information content (AvgIpc) is 3.91. The van der Waals surface area contributed by atoms with Gasteiger partial charge in [-0.25, -0.2) is 0 Å². The zero-order valence-corrected chi connectivity index (χ0v) is 33.4. The Morgan fingerprint density at radius 1 is 0.311 bits per heavy atom. The zero-order valence-electron chi connectivity index (χ0n) is 33.4. The quantitative estimate of drug-likeness (QED) is 0.160. The topological polar surface area (TPSA) is 16.4 Å². The van der Waals surface area contributed by atoms with Crippen LogP contribution in [0.15, 0.2) is 229 Å². The Labute approximate surface area is 355 Å². The lowest BCUT2D eigenvalue weighted by Crippen LogP contribution is -2.09. The third-order valence-corrected chi connectivity index (χ3v) is 12.5. The molecule has 0 atom stereocenters. The van der Waals surface area contributed by atoms with Crippen LogP contribution in [0, 0.1) is 0 Å². The van der Waals surface area contributed by atoms with Crippen molar-refractivity contribution < 1.29 is 4.42 Å². The fraction of sp³-hybridized carbons (Fsp3) is 0.0169. The molecule has 0 aliphatic heterocycles. The second-order valence-corrected chi connectivity index (χ2v) is 16.0. The minimum atomic E-state index is 0.899. The number of furan rings is 1. The number of hydrogen-bond acceptors (Lipinski definition) is 2. The maximum atomic E-state index is 6.67. The first kappa shape index (κ1) is 35.0. The Balaban J connectivity index is 0.948. The van der Waals surface area contributed by atoms with Gasteiger partial charge in [0, 0.05) is 33.2 Å². The molecule has 0 bridgehead atoms. The van der Waals surface area contributed by atoms with Crippen LogP contribution in [0.2, 0.25) is 0 Å². The molecule has 0 fully saturated rings. The van der Waals surface area contributed by atoms with E-state index in [0.717, 1.165) is 61.9 Å². The van der Waals surface area contributed by atoms with Crippen molar-refractivity contribution in [3.05, 3.63) is 236 Å². The molecular weight excluding hydrogens is 739 g/mol. The molecule has 2 heteroatoms. The lowest BCUT2D eigenvalue weighted by Gasteiger charge is -2.26. The summed E-state index contributed by atoms with van der Waals surface area (Å²) in [7, 11) is 0. The van der Waals surface area contributed by atoms with E-state index >= 15 is 0 Å². The summed E-state index contributed by atoms with van der Waals surface area (Å²) < 4.78 is 6.67. The third-order valence-electron chi connectivity index (χ3n) is 12.5. The Kier molecular flexibility index (Phi) is 8.28. The second kappa shape index (κ2) is 14.4. The van der Waals surface area contributed by atoms with Gasteiger partial charge in [-0.15, -0.1) is 0 Å². The zero-order chi connectivity index (χ0) is 40.3. The van der Waals surface area contributed by atoms with E-state index in [-0.39, 0.29) is 0 Å². The lowest BCUT2D eigenvalue weighted by atomic mass is 9.94. The van der Waals surface area contributed by atoms with Crippen molar-refractivity contribution in [3.63, 3.8) is 0 Å². The smallest absolute Gasteiger partial charge is 0.143 e. The molecule has 10 aromatic carbocycles. The van der Waals surface area contributed by atoms with Crippen LogP contribution in [0.25, 0.3) is 88.3 Å². The highest BCUT2D eigenvalue weighted by molar-refractivity contribution is 6.19. The van der Waals surface area contributed by atoms with Crippen LogP contribution in [-0.4, -0.2) is 0 Å². The predicted octanol–water partition coefficient (Wildman–Crippen LogP) is 16.4. The van der Waals surface area contributed by atoms with E-state index < -0.39 is 0 Å². The van der Waals surface area contributed by atoms with Gasteiger partial charge in [0.2, 0.25) is 0 Å². The van der Waals surface area contributed by atoms with Crippen molar-refractivity contribution in [2.75, 3.05) is 4.90 Å². The molecule has 0 unspecified atom stereocenters. The number of benzene rings is 10. The van der Waals surface area contributed by atoms with Crippen LogP contribution >= 0.6 is 0 Å². The van der Waals surface area contributed by atoms with Gasteiger partial charge in [-0.3, -0.25) is 0 Å². The van der Waals surface area contributed by atoms with Crippen LogP contribution in [0.4, 0.5) is 17.1 Å². The summed E-state index contributed by atoms with van der Waals surface area (Å²) in [5.41, 5.74) is 20.2. The third kappa shape index (κ3) is 6.03. The number of hydrogen-bond donors (Lipinski definition) is 0. The number of anilines is 3. The summed E-state index contributed by atoms with van der Waals surface area (Å²) >= 11 is 0. The Morgan fingerprint density at radius 3 is 1.51 bits per heavy atom. The van der Waals surface area contributed by atoms with Gasteiger partial charge in [0.1, 0.15) is 11.2 Å². The largest absolute Gasteiger partial charge is 0.455 e. The Hall–Kier alpha value is -7.94.